The summed E-state index contributed by atoms with van der Waals surface area (Å²) in [4.78, 5) is 38.9. The Morgan fingerprint density at radius 1 is 0.442 bits per heavy atom. The zero-order valence-electron chi connectivity index (χ0n) is 34.6. The first-order valence-corrected chi connectivity index (χ1v) is 22.3. The van der Waals surface area contributed by atoms with Crippen LogP contribution >= 0.6 is 0 Å². The van der Waals surface area contributed by atoms with E-state index in [1.54, 1.807) is 0 Å². The maximum absolute atomic E-state index is 12.7. The quantitative estimate of drug-likeness (QED) is 0.0375. The molecule has 0 aliphatic heterocycles. The van der Waals surface area contributed by atoms with Crippen molar-refractivity contribution in [2.45, 2.75) is 226 Å². The predicted octanol–water partition coefficient (Wildman–Crippen LogP) is 11.4. The maximum atomic E-state index is 12.7. The highest BCUT2D eigenvalue weighted by molar-refractivity contribution is 5.77. The molecule has 0 heterocycles. The molecule has 0 rings (SSSR count). The highest BCUT2D eigenvalue weighted by Crippen LogP contribution is 2.18. The molecule has 1 N–H and O–H groups in total. The van der Waals surface area contributed by atoms with Crippen molar-refractivity contribution >= 4 is 17.9 Å². The number of esters is 3. The second-order valence-electron chi connectivity index (χ2n) is 15.1. The van der Waals surface area contributed by atoms with Crippen molar-refractivity contribution in [1.29, 1.82) is 0 Å². The van der Waals surface area contributed by atoms with Crippen LogP contribution in [0.5, 0.6) is 0 Å². The summed E-state index contributed by atoms with van der Waals surface area (Å²) in [5.41, 5.74) is 0. The molecule has 0 radical (unpaired) electrons. The van der Waals surface area contributed by atoms with Crippen LogP contribution in [-0.4, -0.2) is 73.5 Å². The lowest BCUT2D eigenvalue weighted by Crippen LogP contribution is -2.32. The maximum Gasteiger partial charge on any atom is 0.306 e. The van der Waals surface area contributed by atoms with E-state index in [1.807, 2.05) is 0 Å². The number of unbranched alkanes of at least 4 members (excludes halogenated alkanes) is 22. The molecular weight excluding hydrogens is 654 g/mol. The fourth-order valence-corrected chi connectivity index (χ4v) is 6.66. The first-order chi connectivity index (χ1) is 25.5. The second kappa shape index (κ2) is 40.5. The lowest BCUT2D eigenvalue weighted by Gasteiger charge is -2.21. The third-order valence-electron chi connectivity index (χ3n) is 10.0. The highest BCUT2D eigenvalue weighted by Gasteiger charge is 2.15. The minimum Gasteiger partial charge on any atom is -0.466 e. The average Bonchev–Trinajstić information content (AvgIpc) is 3.13. The average molecular weight is 740 g/mol. The smallest absolute Gasteiger partial charge is 0.306 e. The van der Waals surface area contributed by atoms with Gasteiger partial charge in [0.1, 0.15) is 12.7 Å². The van der Waals surface area contributed by atoms with Gasteiger partial charge in [0, 0.05) is 19.5 Å². The van der Waals surface area contributed by atoms with Crippen molar-refractivity contribution in [3.8, 4) is 0 Å². The Balaban J connectivity index is 4.04. The van der Waals surface area contributed by atoms with Crippen molar-refractivity contribution in [2.75, 3.05) is 39.5 Å². The Kier molecular flexibility index (Phi) is 39.2. The van der Waals surface area contributed by atoms with Crippen molar-refractivity contribution < 1.29 is 33.7 Å². The number of carbonyl (C=O) groups excluding carboxylic acids is 3. The summed E-state index contributed by atoms with van der Waals surface area (Å²) in [6.07, 6.45) is 33.7. The molecular formula is C44H85NO7. The number of carbonyl (C=O) groups is 3. The van der Waals surface area contributed by atoms with Crippen molar-refractivity contribution in [1.82, 2.24) is 4.90 Å². The molecule has 0 aromatic heterocycles. The second-order valence-corrected chi connectivity index (χ2v) is 15.1. The Labute approximate surface area is 321 Å². The van der Waals surface area contributed by atoms with Gasteiger partial charge in [-0.1, -0.05) is 156 Å². The van der Waals surface area contributed by atoms with Crippen LogP contribution in [0.4, 0.5) is 0 Å². The zero-order valence-corrected chi connectivity index (χ0v) is 34.6. The molecule has 0 bridgehead atoms. The van der Waals surface area contributed by atoms with Gasteiger partial charge in [-0.2, -0.15) is 0 Å². The highest BCUT2D eigenvalue weighted by atomic mass is 16.5. The molecule has 0 amide bonds. The SMILES string of the molecule is CCCCCCCCCCCOC(=O)CCC(=O)OCCN(CCO)CCCCCCCC(=O)OC(CCCCCCCC)CCCCCCCC. The molecule has 0 saturated carbocycles. The van der Waals surface area contributed by atoms with Gasteiger partial charge in [0.15, 0.2) is 0 Å². The first-order valence-electron chi connectivity index (χ1n) is 22.3. The number of ether oxygens (including phenoxy) is 3. The number of aliphatic hydroxyl groups is 1. The Bertz CT molecular complexity index is 777. The van der Waals surface area contributed by atoms with E-state index in [0.717, 1.165) is 77.2 Å². The molecule has 52 heavy (non-hydrogen) atoms. The number of rotatable bonds is 41. The van der Waals surface area contributed by atoms with Crippen LogP contribution in [0, 0.1) is 0 Å². The third-order valence-corrected chi connectivity index (χ3v) is 10.0. The molecule has 0 aliphatic carbocycles. The van der Waals surface area contributed by atoms with Crippen molar-refractivity contribution in [3.05, 3.63) is 0 Å². The van der Waals surface area contributed by atoms with Crippen LogP contribution < -0.4 is 0 Å². The summed E-state index contributed by atoms with van der Waals surface area (Å²) in [6, 6.07) is 0. The van der Waals surface area contributed by atoms with Gasteiger partial charge in [-0.15, -0.1) is 0 Å². The Hall–Kier alpha value is -1.67. The van der Waals surface area contributed by atoms with Crippen LogP contribution in [0.25, 0.3) is 0 Å². The zero-order chi connectivity index (χ0) is 38.2. The van der Waals surface area contributed by atoms with Crippen LogP contribution in [-0.2, 0) is 28.6 Å². The van der Waals surface area contributed by atoms with Gasteiger partial charge in [-0.25, -0.2) is 0 Å². The number of aliphatic hydroxyl groups excluding tert-OH is 1. The van der Waals surface area contributed by atoms with E-state index in [1.165, 1.54) is 109 Å². The molecule has 0 fully saturated rings. The number of nitrogens with zero attached hydrogens (tertiary/aromatic N) is 1. The summed E-state index contributed by atoms with van der Waals surface area (Å²) in [5.74, 6) is -0.762. The summed E-state index contributed by atoms with van der Waals surface area (Å²) in [7, 11) is 0. The molecule has 308 valence electrons. The van der Waals surface area contributed by atoms with Gasteiger partial charge in [0.25, 0.3) is 0 Å². The molecule has 0 aliphatic rings. The summed E-state index contributed by atoms with van der Waals surface area (Å²) < 4.78 is 16.6. The van der Waals surface area contributed by atoms with Gasteiger partial charge in [0.05, 0.1) is 26.1 Å². The lowest BCUT2D eigenvalue weighted by molar-refractivity contribution is -0.150. The monoisotopic (exact) mass is 740 g/mol. The van der Waals surface area contributed by atoms with E-state index in [4.69, 9.17) is 14.2 Å². The lowest BCUT2D eigenvalue weighted by atomic mass is 10.0. The number of hydrogen-bond acceptors (Lipinski definition) is 8. The van der Waals surface area contributed by atoms with Crippen LogP contribution in [0.3, 0.4) is 0 Å². The minimum absolute atomic E-state index is 0.0308. The number of hydrogen-bond donors (Lipinski definition) is 1. The van der Waals surface area contributed by atoms with Crippen LogP contribution in [0.1, 0.15) is 220 Å². The first kappa shape index (κ1) is 50.3. The Morgan fingerprint density at radius 2 is 0.865 bits per heavy atom. The van der Waals surface area contributed by atoms with E-state index in [0.29, 0.717) is 26.1 Å². The van der Waals surface area contributed by atoms with E-state index >= 15 is 0 Å². The molecule has 0 spiro atoms. The molecule has 0 aromatic carbocycles. The van der Waals surface area contributed by atoms with E-state index in [-0.39, 0.29) is 44.1 Å². The molecule has 0 aromatic rings. The standard InChI is InChI=1S/C44H85NO7/c1-4-7-10-13-16-17-18-24-29-39-50-42(47)33-34-43(48)51-40-37-45(36-38-46)35-28-23-19-22-27-32-44(49)52-41(30-25-20-14-11-8-5-2)31-26-21-15-12-9-6-3/h41,46H,4-40H2,1-3H3. The van der Waals surface area contributed by atoms with Gasteiger partial charge in [-0.05, 0) is 51.5 Å². The molecule has 0 unspecified atom stereocenters. The van der Waals surface area contributed by atoms with Crippen molar-refractivity contribution in [3.63, 3.8) is 0 Å². The summed E-state index contributed by atoms with van der Waals surface area (Å²) >= 11 is 0. The summed E-state index contributed by atoms with van der Waals surface area (Å²) in [6.45, 7) is 9.36. The molecule has 8 heteroatoms. The van der Waals surface area contributed by atoms with E-state index in [9.17, 15) is 19.5 Å². The molecule has 0 saturated heterocycles. The van der Waals surface area contributed by atoms with E-state index < -0.39 is 5.97 Å². The summed E-state index contributed by atoms with van der Waals surface area (Å²) in [5, 5.41) is 9.49. The fourth-order valence-electron chi connectivity index (χ4n) is 6.66. The Morgan fingerprint density at radius 3 is 1.37 bits per heavy atom. The topological polar surface area (TPSA) is 102 Å². The van der Waals surface area contributed by atoms with Crippen LogP contribution in [0.15, 0.2) is 0 Å². The molecule has 8 nitrogen and oxygen atoms in total. The van der Waals surface area contributed by atoms with Crippen molar-refractivity contribution in [2.24, 2.45) is 0 Å². The van der Waals surface area contributed by atoms with Gasteiger partial charge >= 0.3 is 17.9 Å². The largest absolute Gasteiger partial charge is 0.466 e. The van der Waals surface area contributed by atoms with Gasteiger partial charge in [0.2, 0.25) is 0 Å². The third kappa shape index (κ3) is 36.7. The predicted molar refractivity (Wildman–Crippen MR) is 215 cm³/mol. The normalized spacial score (nSPS) is 11.4. The van der Waals surface area contributed by atoms with Gasteiger partial charge in [-0.3, -0.25) is 19.3 Å². The molecule has 0 atom stereocenters. The van der Waals surface area contributed by atoms with Gasteiger partial charge < -0.3 is 19.3 Å². The van der Waals surface area contributed by atoms with E-state index in [2.05, 4.69) is 25.7 Å². The van der Waals surface area contributed by atoms with Crippen LogP contribution in [0.2, 0.25) is 0 Å². The fraction of sp³-hybridized carbons (Fsp3) is 0.932. The minimum atomic E-state index is -0.390.